The predicted molar refractivity (Wildman–Crippen MR) is 213 cm³/mol. The van der Waals surface area contributed by atoms with Gasteiger partial charge in [-0.1, -0.05) is 146 Å². The lowest BCUT2D eigenvalue weighted by Crippen LogP contribution is -2.10. The van der Waals surface area contributed by atoms with Crippen molar-refractivity contribution in [1.82, 2.24) is 0 Å². The normalized spacial score (nSPS) is 11.8. The summed E-state index contributed by atoms with van der Waals surface area (Å²) in [5.74, 6) is 0. The third-order valence-electron chi connectivity index (χ3n) is 10.4. The van der Waals surface area contributed by atoms with Gasteiger partial charge in [0.25, 0.3) is 0 Å². The second-order valence-corrected chi connectivity index (χ2v) is 13.3. The highest BCUT2D eigenvalue weighted by atomic mass is 16.3. The molecule has 2 heteroatoms. The molecule has 1 aliphatic rings. The van der Waals surface area contributed by atoms with Crippen LogP contribution in [-0.4, -0.2) is 0 Å². The van der Waals surface area contributed by atoms with Crippen LogP contribution < -0.4 is 4.90 Å². The minimum absolute atomic E-state index is 0.880. The second-order valence-electron chi connectivity index (χ2n) is 13.3. The number of para-hydroxylation sites is 1. The van der Waals surface area contributed by atoms with E-state index in [1.165, 1.54) is 55.6 Å². The van der Waals surface area contributed by atoms with Gasteiger partial charge in [0.2, 0.25) is 0 Å². The van der Waals surface area contributed by atoms with Crippen LogP contribution in [0.3, 0.4) is 0 Å². The summed E-state index contributed by atoms with van der Waals surface area (Å²) in [5.41, 5.74) is 17.9. The van der Waals surface area contributed by atoms with Crippen LogP contribution in [0.4, 0.5) is 17.1 Å². The van der Waals surface area contributed by atoms with Crippen molar-refractivity contribution in [3.8, 4) is 44.5 Å². The Hall–Kier alpha value is -6.64. The summed E-state index contributed by atoms with van der Waals surface area (Å²) in [6.07, 6.45) is 0.965. The molecule has 0 unspecified atom stereocenters. The van der Waals surface area contributed by atoms with E-state index in [0.29, 0.717) is 0 Å². The molecule has 0 atom stereocenters. The lowest BCUT2D eigenvalue weighted by atomic mass is 9.95. The van der Waals surface area contributed by atoms with Gasteiger partial charge in [-0.25, -0.2) is 0 Å². The monoisotopic (exact) mass is 651 g/mol. The van der Waals surface area contributed by atoms with Gasteiger partial charge in [0, 0.05) is 16.8 Å². The summed E-state index contributed by atoms with van der Waals surface area (Å²) in [6.45, 7) is 0. The van der Waals surface area contributed by atoms with Crippen LogP contribution in [0.15, 0.2) is 192 Å². The summed E-state index contributed by atoms with van der Waals surface area (Å²) >= 11 is 0. The maximum Gasteiger partial charge on any atom is 0.137 e. The van der Waals surface area contributed by atoms with Gasteiger partial charge in [-0.3, -0.25) is 0 Å². The van der Waals surface area contributed by atoms with Crippen molar-refractivity contribution in [2.45, 2.75) is 6.42 Å². The quantitative estimate of drug-likeness (QED) is 0.178. The highest BCUT2D eigenvalue weighted by Crippen LogP contribution is 2.45. The van der Waals surface area contributed by atoms with E-state index in [-0.39, 0.29) is 0 Å². The molecule has 0 fully saturated rings. The zero-order valence-electron chi connectivity index (χ0n) is 28.0. The molecule has 0 aliphatic heterocycles. The molecule has 0 saturated heterocycles. The first-order chi connectivity index (χ1) is 25.3. The third-order valence-corrected chi connectivity index (χ3v) is 10.4. The smallest absolute Gasteiger partial charge is 0.137 e. The van der Waals surface area contributed by atoms with Gasteiger partial charge < -0.3 is 9.32 Å². The van der Waals surface area contributed by atoms with Gasteiger partial charge >= 0.3 is 0 Å². The first kappa shape index (κ1) is 29.3. The van der Waals surface area contributed by atoms with Crippen LogP contribution in [0.2, 0.25) is 0 Å². The molecule has 0 radical (unpaired) electrons. The molecule has 1 heterocycles. The van der Waals surface area contributed by atoms with E-state index in [1.807, 2.05) is 12.1 Å². The number of fused-ring (bicyclic) bond motifs is 6. The third kappa shape index (κ3) is 5.04. The molecule has 240 valence electrons. The number of hydrogen-bond acceptors (Lipinski definition) is 2. The molecular formula is C49H33NO. The number of rotatable bonds is 6. The SMILES string of the molecule is c1ccc(-c2ccc(-c3ccc(N(c4ccc(-c5cccc6c5Cc5ccccc5-6)cc4)c4cccc5oc6ccccc6c45)cc3)cc2)cc1. The summed E-state index contributed by atoms with van der Waals surface area (Å²) in [4.78, 5) is 2.36. The topological polar surface area (TPSA) is 16.4 Å². The molecular weight excluding hydrogens is 619 g/mol. The van der Waals surface area contributed by atoms with Gasteiger partial charge in [-0.05, 0) is 105 Å². The number of nitrogens with zero attached hydrogens (tertiary/aromatic N) is 1. The van der Waals surface area contributed by atoms with Crippen LogP contribution >= 0.6 is 0 Å². The van der Waals surface area contributed by atoms with Crippen molar-refractivity contribution in [3.05, 3.63) is 199 Å². The standard InChI is InChI=1S/C49H33NO/c1-2-10-33(11-3-1)34-20-22-35(23-21-34)36-24-28-39(29-25-36)50(46-17-9-19-48-49(46)44-14-6-7-18-47(44)51-48)40-30-26-37(27-31-40)41-15-8-16-43-42-13-5-4-12-38(42)32-45(41)43/h1-31H,32H2. The number of benzene rings is 8. The Kier molecular flexibility index (Phi) is 6.92. The van der Waals surface area contributed by atoms with Crippen LogP contribution in [-0.2, 0) is 6.42 Å². The van der Waals surface area contributed by atoms with Crippen molar-refractivity contribution in [2.75, 3.05) is 4.90 Å². The zero-order chi connectivity index (χ0) is 33.7. The Bertz CT molecular complexity index is 2690. The highest BCUT2D eigenvalue weighted by molar-refractivity contribution is 6.13. The van der Waals surface area contributed by atoms with Crippen LogP contribution in [0.1, 0.15) is 11.1 Å². The zero-order valence-corrected chi connectivity index (χ0v) is 28.0. The summed E-state index contributed by atoms with van der Waals surface area (Å²) in [7, 11) is 0. The molecule has 8 aromatic carbocycles. The van der Waals surface area contributed by atoms with Crippen molar-refractivity contribution in [3.63, 3.8) is 0 Å². The number of hydrogen-bond donors (Lipinski definition) is 0. The minimum Gasteiger partial charge on any atom is -0.456 e. The van der Waals surface area contributed by atoms with E-state index in [4.69, 9.17) is 4.42 Å². The fourth-order valence-electron chi connectivity index (χ4n) is 7.88. The Morgan fingerprint density at radius 3 is 1.65 bits per heavy atom. The average Bonchev–Trinajstić information content (AvgIpc) is 3.78. The molecule has 0 amide bonds. The molecule has 1 aliphatic carbocycles. The lowest BCUT2D eigenvalue weighted by Gasteiger charge is -2.27. The Labute approximate surface area is 297 Å². The van der Waals surface area contributed by atoms with Crippen LogP contribution in [0.5, 0.6) is 0 Å². The van der Waals surface area contributed by atoms with E-state index in [1.54, 1.807) is 0 Å². The van der Waals surface area contributed by atoms with Crippen molar-refractivity contribution in [1.29, 1.82) is 0 Å². The Morgan fingerprint density at radius 2 is 0.902 bits per heavy atom. The van der Waals surface area contributed by atoms with Gasteiger partial charge in [-0.15, -0.1) is 0 Å². The summed E-state index contributed by atoms with van der Waals surface area (Å²) < 4.78 is 6.35. The van der Waals surface area contributed by atoms with E-state index in [2.05, 4.69) is 181 Å². The first-order valence-corrected chi connectivity index (χ1v) is 17.6. The molecule has 51 heavy (non-hydrogen) atoms. The predicted octanol–water partition coefficient (Wildman–Crippen LogP) is 13.6. The van der Waals surface area contributed by atoms with E-state index < -0.39 is 0 Å². The molecule has 9 aromatic rings. The van der Waals surface area contributed by atoms with Gasteiger partial charge in [0.1, 0.15) is 11.2 Å². The fraction of sp³-hybridized carbons (Fsp3) is 0.0204. The molecule has 0 N–H and O–H groups in total. The van der Waals surface area contributed by atoms with Crippen LogP contribution in [0.25, 0.3) is 66.4 Å². The fourth-order valence-corrected chi connectivity index (χ4v) is 7.88. The molecule has 0 spiro atoms. The lowest BCUT2D eigenvalue weighted by molar-refractivity contribution is 0.669. The van der Waals surface area contributed by atoms with E-state index in [9.17, 15) is 0 Å². The van der Waals surface area contributed by atoms with Crippen molar-refractivity contribution in [2.24, 2.45) is 0 Å². The van der Waals surface area contributed by atoms with E-state index >= 15 is 0 Å². The maximum atomic E-state index is 6.35. The second kappa shape index (κ2) is 12.0. The Balaban J connectivity index is 1.06. The largest absolute Gasteiger partial charge is 0.456 e. The first-order valence-electron chi connectivity index (χ1n) is 17.6. The molecule has 0 bridgehead atoms. The molecule has 2 nitrogen and oxygen atoms in total. The summed E-state index contributed by atoms with van der Waals surface area (Å²) in [6, 6.07) is 67.5. The average molecular weight is 652 g/mol. The van der Waals surface area contributed by atoms with Gasteiger partial charge in [0.15, 0.2) is 0 Å². The van der Waals surface area contributed by atoms with E-state index in [0.717, 1.165) is 45.4 Å². The Morgan fingerprint density at radius 1 is 0.373 bits per heavy atom. The number of furan rings is 1. The minimum atomic E-state index is 0.880. The molecule has 10 rings (SSSR count). The number of anilines is 3. The van der Waals surface area contributed by atoms with Crippen LogP contribution in [0, 0.1) is 0 Å². The van der Waals surface area contributed by atoms with Crippen molar-refractivity contribution >= 4 is 39.0 Å². The van der Waals surface area contributed by atoms with Crippen molar-refractivity contribution < 1.29 is 4.42 Å². The summed E-state index contributed by atoms with van der Waals surface area (Å²) in [5, 5.41) is 2.22. The molecule has 1 aromatic heterocycles. The maximum absolute atomic E-state index is 6.35. The van der Waals surface area contributed by atoms with Gasteiger partial charge in [-0.2, -0.15) is 0 Å². The highest BCUT2D eigenvalue weighted by Gasteiger charge is 2.22. The molecule has 0 saturated carbocycles. The van der Waals surface area contributed by atoms with Gasteiger partial charge in [0.05, 0.1) is 11.1 Å².